The first-order valence-corrected chi connectivity index (χ1v) is 7.27. The van der Waals surface area contributed by atoms with Crippen LogP contribution in [-0.2, 0) is 6.54 Å². The van der Waals surface area contributed by atoms with Gasteiger partial charge in [0.05, 0.1) is 11.5 Å². The van der Waals surface area contributed by atoms with Crippen LogP contribution in [-0.4, -0.2) is 34.1 Å². The molecule has 2 rings (SSSR count). The van der Waals surface area contributed by atoms with Gasteiger partial charge in [-0.2, -0.15) is 0 Å². The van der Waals surface area contributed by atoms with Gasteiger partial charge >= 0.3 is 0 Å². The Kier molecular flexibility index (Phi) is 5.34. The molecule has 0 radical (unpaired) electrons. The smallest absolute Gasteiger partial charge is 0.273 e. The Balaban J connectivity index is 2.22. The van der Waals surface area contributed by atoms with Gasteiger partial charge in [0.15, 0.2) is 0 Å². The zero-order valence-electron chi connectivity index (χ0n) is 11.3. The summed E-state index contributed by atoms with van der Waals surface area (Å²) in [5.74, 6) is 0. The van der Waals surface area contributed by atoms with Crippen LogP contribution < -0.4 is 0 Å². The van der Waals surface area contributed by atoms with Crippen molar-refractivity contribution < 1.29 is 10.0 Å². The van der Waals surface area contributed by atoms with Crippen molar-refractivity contribution in [2.45, 2.75) is 38.3 Å². The van der Waals surface area contributed by atoms with E-state index in [2.05, 4.69) is 4.90 Å². The lowest BCUT2D eigenvalue weighted by Crippen LogP contribution is -2.37. The van der Waals surface area contributed by atoms with E-state index in [4.69, 9.17) is 11.6 Å². The molecule has 6 heteroatoms. The third-order valence-electron chi connectivity index (χ3n) is 3.82. The number of halogens is 1. The van der Waals surface area contributed by atoms with Gasteiger partial charge in [0, 0.05) is 29.2 Å². The number of hydrogen-bond donors (Lipinski definition) is 1. The molecule has 1 unspecified atom stereocenters. The van der Waals surface area contributed by atoms with Crippen LogP contribution >= 0.6 is 11.6 Å². The van der Waals surface area contributed by atoms with Gasteiger partial charge in [-0.1, -0.05) is 24.4 Å². The summed E-state index contributed by atoms with van der Waals surface area (Å²) in [5, 5.41) is 21.1. The van der Waals surface area contributed by atoms with Crippen LogP contribution in [0.25, 0.3) is 0 Å². The van der Waals surface area contributed by atoms with Crippen LogP contribution in [0, 0.1) is 10.1 Å². The van der Waals surface area contributed by atoms with E-state index >= 15 is 0 Å². The summed E-state index contributed by atoms with van der Waals surface area (Å²) >= 11 is 5.95. The van der Waals surface area contributed by atoms with Gasteiger partial charge in [0.1, 0.15) is 0 Å². The molecule has 1 saturated heterocycles. The van der Waals surface area contributed by atoms with Crippen molar-refractivity contribution in [2.75, 3.05) is 13.2 Å². The van der Waals surface area contributed by atoms with Gasteiger partial charge in [0.25, 0.3) is 5.69 Å². The van der Waals surface area contributed by atoms with Crippen LogP contribution in [0.1, 0.15) is 31.2 Å². The van der Waals surface area contributed by atoms with Gasteiger partial charge in [-0.15, -0.1) is 0 Å². The third-order valence-corrected chi connectivity index (χ3v) is 4.06. The Labute approximate surface area is 123 Å². The van der Waals surface area contributed by atoms with E-state index in [1.165, 1.54) is 12.1 Å². The zero-order valence-corrected chi connectivity index (χ0v) is 12.1. The predicted molar refractivity (Wildman–Crippen MR) is 77.9 cm³/mol. The highest BCUT2D eigenvalue weighted by Gasteiger charge is 2.23. The van der Waals surface area contributed by atoms with Crippen molar-refractivity contribution in [2.24, 2.45) is 0 Å². The van der Waals surface area contributed by atoms with E-state index in [-0.39, 0.29) is 23.3 Å². The average Bonchev–Trinajstić information content (AvgIpc) is 2.63. The molecule has 0 saturated carbocycles. The molecule has 0 spiro atoms. The molecule has 0 aliphatic carbocycles. The molecule has 1 aromatic carbocycles. The first kappa shape index (κ1) is 15.2. The fourth-order valence-electron chi connectivity index (χ4n) is 2.73. The number of nitrogens with zero attached hydrogens (tertiary/aromatic N) is 2. The van der Waals surface area contributed by atoms with Crippen molar-refractivity contribution >= 4 is 17.3 Å². The highest BCUT2D eigenvalue weighted by molar-refractivity contribution is 6.30. The Morgan fingerprint density at radius 1 is 1.40 bits per heavy atom. The summed E-state index contributed by atoms with van der Waals surface area (Å²) in [5.41, 5.74) is 0.707. The number of rotatable bonds is 4. The molecule has 1 fully saturated rings. The van der Waals surface area contributed by atoms with Gasteiger partial charge in [0.2, 0.25) is 0 Å². The van der Waals surface area contributed by atoms with Crippen molar-refractivity contribution in [1.29, 1.82) is 0 Å². The number of aliphatic hydroxyl groups is 1. The fourth-order valence-corrected chi connectivity index (χ4v) is 2.92. The minimum atomic E-state index is -0.378. The predicted octanol–water partition coefficient (Wildman–Crippen LogP) is 2.99. The summed E-state index contributed by atoms with van der Waals surface area (Å²) in [6.45, 7) is 1.41. The summed E-state index contributed by atoms with van der Waals surface area (Å²) in [6.07, 6.45) is 4.24. The summed E-state index contributed by atoms with van der Waals surface area (Å²) in [4.78, 5) is 12.8. The normalized spacial score (nSPS) is 20.6. The standard InChI is InChI=1S/C14H19ClN2O3/c15-12-5-6-14(17(19)20)11(8-12)9-16-7-3-1-2-4-13(16)10-18/h5-6,8,13,18H,1-4,7,9-10H2. The Morgan fingerprint density at radius 3 is 2.90 bits per heavy atom. The van der Waals surface area contributed by atoms with E-state index in [1.54, 1.807) is 6.07 Å². The van der Waals surface area contributed by atoms with Crippen LogP contribution in [0.15, 0.2) is 18.2 Å². The van der Waals surface area contributed by atoms with E-state index in [0.717, 1.165) is 32.2 Å². The van der Waals surface area contributed by atoms with E-state index < -0.39 is 0 Å². The Morgan fingerprint density at radius 2 is 2.20 bits per heavy atom. The topological polar surface area (TPSA) is 66.6 Å². The molecule has 0 amide bonds. The summed E-state index contributed by atoms with van der Waals surface area (Å²) in [6, 6.07) is 4.72. The van der Waals surface area contributed by atoms with Gasteiger partial charge < -0.3 is 5.11 Å². The molecule has 0 bridgehead atoms. The molecule has 1 atom stereocenters. The molecule has 20 heavy (non-hydrogen) atoms. The second-order valence-corrected chi connectivity index (χ2v) is 5.62. The fraction of sp³-hybridized carbons (Fsp3) is 0.571. The first-order valence-electron chi connectivity index (χ1n) is 6.89. The minimum Gasteiger partial charge on any atom is -0.395 e. The van der Waals surface area contributed by atoms with E-state index in [0.29, 0.717) is 17.1 Å². The number of hydrogen-bond acceptors (Lipinski definition) is 4. The number of nitro benzene ring substituents is 1. The second-order valence-electron chi connectivity index (χ2n) is 5.19. The molecule has 1 N–H and O–H groups in total. The average molecular weight is 299 g/mol. The maximum atomic E-state index is 11.1. The lowest BCUT2D eigenvalue weighted by molar-refractivity contribution is -0.385. The number of benzene rings is 1. The molecule has 1 aliphatic rings. The quantitative estimate of drug-likeness (QED) is 0.685. The number of aliphatic hydroxyl groups excluding tert-OH is 1. The van der Waals surface area contributed by atoms with Crippen LogP contribution in [0.3, 0.4) is 0 Å². The maximum absolute atomic E-state index is 11.1. The molecule has 1 aliphatic heterocycles. The zero-order chi connectivity index (χ0) is 14.5. The van der Waals surface area contributed by atoms with Gasteiger partial charge in [-0.05, 0) is 31.5 Å². The highest BCUT2D eigenvalue weighted by atomic mass is 35.5. The van der Waals surface area contributed by atoms with Crippen molar-refractivity contribution in [3.05, 3.63) is 38.9 Å². The Hall–Kier alpha value is -1.17. The second kappa shape index (κ2) is 7.02. The van der Waals surface area contributed by atoms with Gasteiger partial charge in [-0.3, -0.25) is 15.0 Å². The molecule has 1 aromatic rings. The summed E-state index contributed by atoms with van der Waals surface area (Å²) < 4.78 is 0. The molecule has 0 aromatic heterocycles. The van der Waals surface area contributed by atoms with Crippen molar-refractivity contribution in [3.63, 3.8) is 0 Å². The molecular weight excluding hydrogens is 280 g/mol. The van der Waals surface area contributed by atoms with Crippen LogP contribution in [0.2, 0.25) is 5.02 Å². The number of nitro groups is 1. The third kappa shape index (κ3) is 3.69. The molecular formula is C14H19ClN2O3. The lowest BCUT2D eigenvalue weighted by atomic mass is 10.1. The van der Waals surface area contributed by atoms with Crippen molar-refractivity contribution in [3.8, 4) is 0 Å². The SMILES string of the molecule is O=[N+]([O-])c1ccc(Cl)cc1CN1CCCCCC1CO. The molecule has 1 heterocycles. The lowest BCUT2D eigenvalue weighted by Gasteiger charge is -2.28. The van der Waals surface area contributed by atoms with E-state index in [1.807, 2.05) is 0 Å². The monoisotopic (exact) mass is 298 g/mol. The maximum Gasteiger partial charge on any atom is 0.273 e. The Bertz CT molecular complexity index is 481. The summed E-state index contributed by atoms with van der Waals surface area (Å²) in [7, 11) is 0. The van der Waals surface area contributed by atoms with Gasteiger partial charge in [-0.25, -0.2) is 0 Å². The van der Waals surface area contributed by atoms with E-state index in [9.17, 15) is 15.2 Å². The number of likely N-dealkylation sites (tertiary alicyclic amines) is 1. The highest BCUT2D eigenvalue weighted by Crippen LogP contribution is 2.26. The van der Waals surface area contributed by atoms with Crippen LogP contribution in [0.4, 0.5) is 5.69 Å². The first-order chi connectivity index (χ1) is 9.61. The molecule has 5 nitrogen and oxygen atoms in total. The largest absolute Gasteiger partial charge is 0.395 e. The molecule has 110 valence electrons. The minimum absolute atomic E-state index is 0.0797. The van der Waals surface area contributed by atoms with Crippen molar-refractivity contribution in [1.82, 2.24) is 4.90 Å². The van der Waals surface area contributed by atoms with Crippen LogP contribution in [0.5, 0.6) is 0 Å².